The summed E-state index contributed by atoms with van der Waals surface area (Å²) in [6.07, 6.45) is -2.95. The van der Waals surface area contributed by atoms with Gasteiger partial charge in [-0.15, -0.1) is 0 Å². The first-order valence-electron chi connectivity index (χ1n) is 6.02. The molecule has 21 heavy (non-hydrogen) atoms. The molecular formula is C13H13F3N4O. The molecule has 2 aromatic rings. The SMILES string of the molecule is Cc1ccc(NC(=O)Cn2ccc(N)n2)cc1C(F)(F)F. The summed E-state index contributed by atoms with van der Waals surface area (Å²) < 4.78 is 39.6. The van der Waals surface area contributed by atoms with Crippen molar-refractivity contribution in [2.75, 3.05) is 11.1 Å². The quantitative estimate of drug-likeness (QED) is 0.914. The molecule has 0 saturated carbocycles. The van der Waals surface area contributed by atoms with E-state index in [0.29, 0.717) is 0 Å². The minimum atomic E-state index is -4.46. The second kappa shape index (κ2) is 5.47. The number of hydrogen-bond acceptors (Lipinski definition) is 3. The molecule has 0 aliphatic rings. The summed E-state index contributed by atoms with van der Waals surface area (Å²) in [6, 6.07) is 5.15. The Kier molecular flexibility index (Phi) is 3.88. The Morgan fingerprint density at radius 1 is 1.38 bits per heavy atom. The number of nitrogens with two attached hydrogens (primary N) is 1. The molecule has 0 fully saturated rings. The van der Waals surface area contributed by atoms with Crippen molar-refractivity contribution in [2.45, 2.75) is 19.6 Å². The Labute approximate surface area is 118 Å². The van der Waals surface area contributed by atoms with Gasteiger partial charge in [-0.05, 0) is 30.7 Å². The summed E-state index contributed by atoms with van der Waals surface area (Å²) in [6.45, 7) is 1.23. The van der Waals surface area contributed by atoms with Crippen LogP contribution in [0.3, 0.4) is 0 Å². The smallest absolute Gasteiger partial charge is 0.382 e. The van der Waals surface area contributed by atoms with Crippen LogP contribution < -0.4 is 11.1 Å². The lowest BCUT2D eigenvalue weighted by atomic mass is 10.1. The summed E-state index contributed by atoms with van der Waals surface area (Å²) in [7, 11) is 0. The molecule has 2 rings (SSSR count). The Hall–Kier alpha value is -2.51. The highest BCUT2D eigenvalue weighted by Gasteiger charge is 2.32. The third kappa shape index (κ3) is 3.74. The normalized spacial score (nSPS) is 11.4. The van der Waals surface area contributed by atoms with Gasteiger partial charge in [-0.25, -0.2) is 0 Å². The molecule has 1 aromatic carbocycles. The first-order chi connectivity index (χ1) is 9.75. The van der Waals surface area contributed by atoms with E-state index in [4.69, 9.17) is 5.73 Å². The molecule has 0 unspecified atom stereocenters. The van der Waals surface area contributed by atoms with Gasteiger partial charge in [0.2, 0.25) is 5.91 Å². The third-order valence-corrected chi connectivity index (χ3v) is 2.79. The highest BCUT2D eigenvalue weighted by Crippen LogP contribution is 2.33. The average Bonchev–Trinajstić information content (AvgIpc) is 2.75. The van der Waals surface area contributed by atoms with E-state index in [9.17, 15) is 18.0 Å². The summed E-state index contributed by atoms with van der Waals surface area (Å²) in [5, 5.41) is 6.22. The van der Waals surface area contributed by atoms with Gasteiger partial charge in [0.05, 0.1) is 5.56 Å². The van der Waals surface area contributed by atoms with E-state index in [1.165, 1.54) is 36.0 Å². The van der Waals surface area contributed by atoms with Crippen molar-refractivity contribution in [1.82, 2.24) is 9.78 Å². The Balaban J connectivity index is 2.11. The van der Waals surface area contributed by atoms with Crippen LogP contribution in [-0.2, 0) is 17.5 Å². The zero-order chi connectivity index (χ0) is 15.6. The molecule has 5 nitrogen and oxygen atoms in total. The number of benzene rings is 1. The van der Waals surface area contributed by atoms with Gasteiger partial charge in [0.25, 0.3) is 0 Å². The van der Waals surface area contributed by atoms with Crippen molar-refractivity contribution in [1.29, 1.82) is 0 Å². The number of halogens is 3. The molecule has 0 saturated heterocycles. The number of nitrogen functional groups attached to an aromatic ring is 1. The molecule has 0 bridgehead atoms. The Morgan fingerprint density at radius 3 is 2.67 bits per heavy atom. The van der Waals surface area contributed by atoms with E-state index < -0.39 is 17.6 Å². The second-order valence-electron chi connectivity index (χ2n) is 4.51. The van der Waals surface area contributed by atoms with Crippen molar-refractivity contribution < 1.29 is 18.0 Å². The lowest BCUT2D eigenvalue weighted by Gasteiger charge is -2.12. The number of amides is 1. The van der Waals surface area contributed by atoms with Crippen molar-refractivity contribution in [2.24, 2.45) is 0 Å². The first kappa shape index (κ1) is 14.9. The van der Waals surface area contributed by atoms with Crippen LogP contribution in [0.4, 0.5) is 24.7 Å². The van der Waals surface area contributed by atoms with Crippen molar-refractivity contribution in [3.63, 3.8) is 0 Å². The number of rotatable bonds is 3. The van der Waals surface area contributed by atoms with Crippen LogP contribution in [0.15, 0.2) is 30.5 Å². The summed E-state index contributed by atoms with van der Waals surface area (Å²) in [4.78, 5) is 11.7. The fourth-order valence-electron chi connectivity index (χ4n) is 1.82. The van der Waals surface area contributed by atoms with E-state index in [1.807, 2.05) is 0 Å². The maximum atomic E-state index is 12.8. The molecule has 1 amide bonds. The highest BCUT2D eigenvalue weighted by atomic mass is 19.4. The van der Waals surface area contributed by atoms with Crippen LogP contribution in [0.25, 0.3) is 0 Å². The van der Waals surface area contributed by atoms with Gasteiger partial charge < -0.3 is 11.1 Å². The van der Waals surface area contributed by atoms with Crippen LogP contribution in [0.1, 0.15) is 11.1 Å². The predicted octanol–water partition coefficient (Wildman–Crippen LogP) is 2.43. The van der Waals surface area contributed by atoms with E-state index in [2.05, 4.69) is 10.4 Å². The van der Waals surface area contributed by atoms with Crippen molar-refractivity contribution in [3.8, 4) is 0 Å². The number of nitrogens with zero attached hydrogens (tertiary/aromatic N) is 2. The number of alkyl halides is 3. The van der Waals surface area contributed by atoms with Crippen LogP contribution >= 0.6 is 0 Å². The van der Waals surface area contributed by atoms with Crippen LogP contribution in [0.2, 0.25) is 0 Å². The number of anilines is 2. The zero-order valence-corrected chi connectivity index (χ0v) is 11.1. The monoisotopic (exact) mass is 298 g/mol. The largest absolute Gasteiger partial charge is 0.416 e. The molecule has 112 valence electrons. The average molecular weight is 298 g/mol. The number of hydrogen-bond donors (Lipinski definition) is 2. The van der Waals surface area contributed by atoms with Crippen molar-refractivity contribution in [3.05, 3.63) is 41.6 Å². The summed E-state index contributed by atoms with van der Waals surface area (Å²) >= 11 is 0. The minimum absolute atomic E-state index is 0.0815. The van der Waals surface area contributed by atoms with Crippen LogP contribution in [0.5, 0.6) is 0 Å². The van der Waals surface area contributed by atoms with Gasteiger partial charge in [0.15, 0.2) is 0 Å². The molecule has 1 aromatic heterocycles. The van der Waals surface area contributed by atoms with E-state index in [0.717, 1.165) is 6.07 Å². The number of aromatic nitrogens is 2. The summed E-state index contributed by atoms with van der Waals surface area (Å²) in [5.41, 5.74) is 4.81. The van der Waals surface area contributed by atoms with E-state index in [1.54, 1.807) is 0 Å². The lowest BCUT2D eigenvalue weighted by Crippen LogP contribution is -2.19. The standard InChI is InChI=1S/C13H13F3N4O/c1-8-2-3-9(6-10(8)13(14,15)16)18-12(21)7-20-5-4-11(17)19-20/h2-6H,7H2,1H3,(H2,17,19)(H,18,21). The molecule has 8 heteroatoms. The topological polar surface area (TPSA) is 72.9 Å². The van der Waals surface area contributed by atoms with E-state index >= 15 is 0 Å². The number of carbonyl (C=O) groups excluding carboxylic acids is 1. The second-order valence-corrected chi connectivity index (χ2v) is 4.51. The van der Waals surface area contributed by atoms with E-state index in [-0.39, 0.29) is 23.6 Å². The fourth-order valence-corrected chi connectivity index (χ4v) is 1.82. The summed E-state index contributed by atoms with van der Waals surface area (Å²) in [5.74, 6) is -0.229. The van der Waals surface area contributed by atoms with Gasteiger partial charge >= 0.3 is 6.18 Å². The molecule has 3 N–H and O–H groups in total. The van der Waals surface area contributed by atoms with Gasteiger partial charge in [-0.2, -0.15) is 18.3 Å². The first-order valence-corrected chi connectivity index (χ1v) is 6.02. The molecule has 0 aliphatic carbocycles. The molecule has 1 heterocycles. The van der Waals surface area contributed by atoms with Gasteiger partial charge in [0, 0.05) is 11.9 Å². The lowest BCUT2D eigenvalue weighted by molar-refractivity contribution is -0.138. The fraction of sp³-hybridized carbons (Fsp3) is 0.231. The zero-order valence-electron chi connectivity index (χ0n) is 11.1. The van der Waals surface area contributed by atoms with Crippen LogP contribution in [0, 0.1) is 6.92 Å². The Bertz CT molecular complexity index is 664. The van der Waals surface area contributed by atoms with Gasteiger partial charge in [-0.3, -0.25) is 9.48 Å². The van der Waals surface area contributed by atoms with Gasteiger partial charge in [-0.1, -0.05) is 6.07 Å². The number of carbonyl (C=O) groups is 1. The molecule has 0 spiro atoms. The number of aryl methyl sites for hydroxylation is 1. The molecule has 0 atom stereocenters. The molecule has 0 radical (unpaired) electrons. The minimum Gasteiger partial charge on any atom is -0.382 e. The highest BCUT2D eigenvalue weighted by molar-refractivity contribution is 5.90. The maximum absolute atomic E-state index is 12.8. The molecule has 0 aliphatic heterocycles. The number of nitrogens with one attached hydrogen (secondary N) is 1. The predicted molar refractivity (Wildman–Crippen MR) is 71.5 cm³/mol. The maximum Gasteiger partial charge on any atom is 0.416 e. The third-order valence-electron chi connectivity index (χ3n) is 2.79. The molecular weight excluding hydrogens is 285 g/mol. The van der Waals surface area contributed by atoms with Gasteiger partial charge in [0.1, 0.15) is 12.4 Å². The Morgan fingerprint density at radius 2 is 2.10 bits per heavy atom. The van der Waals surface area contributed by atoms with Crippen molar-refractivity contribution >= 4 is 17.4 Å². The van der Waals surface area contributed by atoms with Crippen LogP contribution in [-0.4, -0.2) is 15.7 Å².